The SMILES string of the molecule is CC(C)CC(=O)NCCC(=O)NC1(CN)CCCC1. The van der Waals surface area contributed by atoms with Crippen LogP contribution in [0.25, 0.3) is 0 Å². The number of amides is 2. The lowest BCUT2D eigenvalue weighted by molar-refractivity contribution is -0.123. The molecule has 5 heteroatoms. The molecule has 1 aliphatic rings. The molecule has 0 saturated heterocycles. The summed E-state index contributed by atoms with van der Waals surface area (Å²) in [5.41, 5.74) is 5.57. The van der Waals surface area contributed by atoms with E-state index in [1.807, 2.05) is 13.8 Å². The lowest BCUT2D eigenvalue weighted by Crippen LogP contribution is -2.52. The molecule has 2 amide bonds. The molecule has 0 aromatic rings. The predicted molar refractivity (Wildman–Crippen MR) is 75.5 cm³/mol. The highest BCUT2D eigenvalue weighted by Crippen LogP contribution is 2.28. The molecule has 0 spiro atoms. The van der Waals surface area contributed by atoms with E-state index in [1.165, 1.54) is 0 Å². The van der Waals surface area contributed by atoms with Crippen molar-refractivity contribution in [2.45, 2.75) is 57.9 Å². The average Bonchev–Trinajstić information content (AvgIpc) is 2.77. The van der Waals surface area contributed by atoms with Gasteiger partial charge < -0.3 is 16.4 Å². The van der Waals surface area contributed by atoms with Crippen LogP contribution in [0.3, 0.4) is 0 Å². The molecule has 19 heavy (non-hydrogen) atoms. The Labute approximate surface area is 115 Å². The van der Waals surface area contributed by atoms with Crippen LogP contribution in [0.4, 0.5) is 0 Å². The van der Waals surface area contributed by atoms with Gasteiger partial charge in [0.15, 0.2) is 0 Å². The molecule has 110 valence electrons. The average molecular weight is 269 g/mol. The van der Waals surface area contributed by atoms with Crippen LogP contribution in [0.1, 0.15) is 52.4 Å². The van der Waals surface area contributed by atoms with Crippen molar-refractivity contribution in [2.24, 2.45) is 11.7 Å². The Morgan fingerprint density at radius 3 is 2.37 bits per heavy atom. The zero-order valence-electron chi connectivity index (χ0n) is 12.1. The summed E-state index contributed by atoms with van der Waals surface area (Å²) >= 11 is 0. The van der Waals surface area contributed by atoms with Crippen LogP contribution < -0.4 is 16.4 Å². The van der Waals surface area contributed by atoms with Crippen molar-refractivity contribution in [3.63, 3.8) is 0 Å². The quantitative estimate of drug-likeness (QED) is 0.643. The highest BCUT2D eigenvalue weighted by atomic mass is 16.2. The summed E-state index contributed by atoms with van der Waals surface area (Å²) in [7, 11) is 0. The Morgan fingerprint density at radius 1 is 1.21 bits per heavy atom. The molecule has 4 N–H and O–H groups in total. The maximum absolute atomic E-state index is 11.8. The lowest BCUT2D eigenvalue weighted by atomic mass is 9.97. The second-order valence-electron chi connectivity index (χ2n) is 5.94. The summed E-state index contributed by atoms with van der Waals surface area (Å²) in [6.07, 6.45) is 5.02. The molecule has 1 saturated carbocycles. The van der Waals surface area contributed by atoms with Crippen LogP contribution in [0.2, 0.25) is 0 Å². The van der Waals surface area contributed by atoms with Crippen molar-refractivity contribution in [2.75, 3.05) is 13.1 Å². The molecule has 0 heterocycles. The molecule has 0 aromatic carbocycles. The summed E-state index contributed by atoms with van der Waals surface area (Å²) < 4.78 is 0. The van der Waals surface area contributed by atoms with Gasteiger partial charge in [0.05, 0.1) is 5.54 Å². The first kappa shape index (κ1) is 16.0. The Bertz CT molecular complexity index is 310. The molecule has 0 radical (unpaired) electrons. The third kappa shape index (κ3) is 5.59. The van der Waals surface area contributed by atoms with E-state index in [1.54, 1.807) is 0 Å². The summed E-state index contributed by atoms with van der Waals surface area (Å²) in [5, 5.41) is 5.81. The molecule has 0 aliphatic heterocycles. The summed E-state index contributed by atoms with van der Waals surface area (Å²) in [4.78, 5) is 23.3. The molecular weight excluding hydrogens is 242 g/mol. The van der Waals surface area contributed by atoms with Gasteiger partial charge in [-0.2, -0.15) is 0 Å². The van der Waals surface area contributed by atoms with Crippen molar-refractivity contribution in [3.05, 3.63) is 0 Å². The van der Waals surface area contributed by atoms with Crippen molar-refractivity contribution >= 4 is 11.8 Å². The summed E-state index contributed by atoms with van der Waals surface area (Å²) in [5.74, 6) is 0.335. The number of hydrogen-bond donors (Lipinski definition) is 3. The van der Waals surface area contributed by atoms with Gasteiger partial charge in [-0.1, -0.05) is 26.7 Å². The van der Waals surface area contributed by atoms with Gasteiger partial charge in [0.2, 0.25) is 11.8 Å². The topological polar surface area (TPSA) is 84.2 Å². The van der Waals surface area contributed by atoms with Crippen molar-refractivity contribution < 1.29 is 9.59 Å². The first-order valence-corrected chi connectivity index (χ1v) is 7.25. The Morgan fingerprint density at radius 2 is 1.84 bits per heavy atom. The second kappa shape index (κ2) is 7.48. The van der Waals surface area contributed by atoms with Gasteiger partial charge in [0.25, 0.3) is 0 Å². The van der Waals surface area contributed by atoms with E-state index in [0.717, 1.165) is 25.7 Å². The monoisotopic (exact) mass is 269 g/mol. The van der Waals surface area contributed by atoms with E-state index in [4.69, 9.17) is 5.73 Å². The Hall–Kier alpha value is -1.10. The summed E-state index contributed by atoms with van der Waals surface area (Å²) in [6, 6.07) is 0. The van der Waals surface area contributed by atoms with Gasteiger partial charge in [0, 0.05) is 25.9 Å². The number of nitrogens with one attached hydrogen (secondary N) is 2. The number of carbonyl (C=O) groups excluding carboxylic acids is 2. The molecule has 0 bridgehead atoms. The van der Waals surface area contributed by atoms with Crippen molar-refractivity contribution in [3.8, 4) is 0 Å². The molecule has 1 rings (SSSR count). The van der Waals surface area contributed by atoms with Gasteiger partial charge in [-0.25, -0.2) is 0 Å². The molecule has 0 aromatic heterocycles. The van der Waals surface area contributed by atoms with Crippen LogP contribution in [-0.4, -0.2) is 30.4 Å². The molecule has 0 unspecified atom stereocenters. The predicted octanol–water partition coefficient (Wildman–Crippen LogP) is 0.927. The van der Waals surface area contributed by atoms with Crippen LogP contribution >= 0.6 is 0 Å². The standard InChI is InChI=1S/C14H27N3O2/c1-11(2)9-13(19)16-8-5-12(18)17-14(10-15)6-3-4-7-14/h11H,3-10,15H2,1-2H3,(H,16,19)(H,17,18). The normalized spacial score (nSPS) is 17.5. The molecule has 5 nitrogen and oxygen atoms in total. The molecule has 1 fully saturated rings. The minimum absolute atomic E-state index is 0.0113. The Balaban J connectivity index is 2.22. The largest absolute Gasteiger partial charge is 0.356 e. The zero-order chi connectivity index (χ0) is 14.3. The first-order valence-electron chi connectivity index (χ1n) is 7.25. The number of nitrogens with two attached hydrogens (primary N) is 1. The van der Waals surface area contributed by atoms with E-state index in [0.29, 0.717) is 31.8 Å². The van der Waals surface area contributed by atoms with Crippen molar-refractivity contribution in [1.82, 2.24) is 10.6 Å². The maximum atomic E-state index is 11.8. The number of rotatable bonds is 7. The van der Waals surface area contributed by atoms with E-state index in [2.05, 4.69) is 10.6 Å². The highest BCUT2D eigenvalue weighted by Gasteiger charge is 2.33. The summed E-state index contributed by atoms with van der Waals surface area (Å²) in [6.45, 7) is 4.89. The number of hydrogen-bond acceptors (Lipinski definition) is 3. The second-order valence-corrected chi connectivity index (χ2v) is 5.94. The lowest BCUT2D eigenvalue weighted by Gasteiger charge is -2.28. The fourth-order valence-electron chi connectivity index (χ4n) is 2.55. The van der Waals surface area contributed by atoms with Crippen LogP contribution in [-0.2, 0) is 9.59 Å². The number of carbonyl (C=O) groups is 2. The third-order valence-electron chi connectivity index (χ3n) is 3.62. The van der Waals surface area contributed by atoms with E-state index in [9.17, 15) is 9.59 Å². The van der Waals surface area contributed by atoms with E-state index < -0.39 is 0 Å². The van der Waals surface area contributed by atoms with E-state index in [-0.39, 0.29) is 17.4 Å². The van der Waals surface area contributed by atoms with E-state index >= 15 is 0 Å². The fourth-order valence-corrected chi connectivity index (χ4v) is 2.55. The van der Waals surface area contributed by atoms with Crippen LogP contribution in [0.5, 0.6) is 0 Å². The van der Waals surface area contributed by atoms with Gasteiger partial charge in [-0.3, -0.25) is 9.59 Å². The van der Waals surface area contributed by atoms with Gasteiger partial charge in [-0.05, 0) is 18.8 Å². The van der Waals surface area contributed by atoms with Crippen LogP contribution in [0.15, 0.2) is 0 Å². The highest BCUT2D eigenvalue weighted by molar-refractivity contribution is 5.79. The third-order valence-corrected chi connectivity index (χ3v) is 3.62. The fraction of sp³-hybridized carbons (Fsp3) is 0.857. The first-order chi connectivity index (χ1) is 8.97. The van der Waals surface area contributed by atoms with Gasteiger partial charge in [0.1, 0.15) is 0 Å². The van der Waals surface area contributed by atoms with Crippen molar-refractivity contribution in [1.29, 1.82) is 0 Å². The minimum Gasteiger partial charge on any atom is -0.356 e. The maximum Gasteiger partial charge on any atom is 0.222 e. The molecule has 1 aliphatic carbocycles. The molecular formula is C14H27N3O2. The van der Waals surface area contributed by atoms with Gasteiger partial charge in [-0.15, -0.1) is 0 Å². The van der Waals surface area contributed by atoms with Crippen LogP contribution in [0, 0.1) is 5.92 Å². The molecule has 0 atom stereocenters. The Kier molecular flexibility index (Phi) is 6.28. The minimum atomic E-state index is -0.195. The smallest absolute Gasteiger partial charge is 0.222 e. The van der Waals surface area contributed by atoms with Gasteiger partial charge >= 0.3 is 0 Å². The zero-order valence-corrected chi connectivity index (χ0v) is 12.1.